The van der Waals surface area contributed by atoms with Crippen LogP contribution >= 0.6 is 0 Å². The van der Waals surface area contributed by atoms with E-state index in [1.54, 1.807) is 6.92 Å². The van der Waals surface area contributed by atoms with Crippen LogP contribution in [-0.4, -0.2) is 31.1 Å². The van der Waals surface area contributed by atoms with E-state index in [1.807, 2.05) is 4.72 Å². The van der Waals surface area contributed by atoms with E-state index in [9.17, 15) is 17.6 Å². The normalized spacial score (nSPS) is 11.0. The fourth-order valence-corrected chi connectivity index (χ4v) is 2.71. The molecule has 122 valence electrons. The molecule has 0 saturated carbocycles. The number of nitrogens with zero attached hydrogens (tertiary/aromatic N) is 1. The van der Waals surface area contributed by atoms with Gasteiger partial charge in [-0.1, -0.05) is 0 Å². The molecule has 0 aliphatic carbocycles. The van der Waals surface area contributed by atoms with Crippen molar-refractivity contribution in [2.24, 2.45) is 0 Å². The summed E-state index contributed by atoms with van der Waals surface area (Å²) in [6.45, 7) is 2.15. The van der Waals surface area contributed by atoms with Crippen molar-refractivity contribution in [3.63, 3.8) is 0 Å². The smallest absolute Gasteiger partial charge is 0.335 e. The van der Waals surface area contributed by atoms with E-state index in [0.29, 0.717) is 6.61 Å². The van der Waals surface area contributed by atoms with E-state index in [4.69, 9.17) is 9.84 Å². The summed E-state index contributed by atoms with van der Waals surface area (Å²) >= 11 is 0. The van der Waals surface area contributed by atoms with Crippen LogP contribution in [-0.2, 0) is 10.0 Å². The van der Waals surface area contributed by atoms with Gasteiger partial charge in [-0.3, -0.25) is 4.72 Å². The number of rotatable bonds is 6. The second kappa shape index (κ2) is 6.61. The maximum atomic E-state index is 13.8. The molecule has 1 aromatic heterocycles. The predicted molar refractivity (Wildman–Crippen MR) is 79.6 cm³/mol. The molecule has 9 heteroatoms. The van der Waals surface area contributed by atoms with Gasteiger partial charge >= 0.3 is 5.97 Å². The van der Waals surface area contributed by atoms with Crippen LogP contribution in [0.5, 0.6) is 5.88 Å². The summed E-state index contributed by atoms with van der Waals surface area (Å²) < 4.78 is 45.3. The molecule has 2 aromatic rings. The zero-order chi connectivity index (χ0) is 17.0. The minimum Gasteiger partial charge on any atom is -0.478 e. The van der Waals surface area contributed by atoms with Crippen LogP contribution in [0.25, 0.3) is 0 Å². The number of hydrogen-bond acceptors (Lipinski definition) is 5. The van der Waals surface area contributed by atoms with Gasteiger partial charge in [0.2, 0.25) is 5.88 Å². The minimum absolute atomic E-state index is 0.178. The van der Waals surface area contributed by atoms with Crippen LogP contribution in [0.4, 0.5) is 10.1 Å². The first kappa shape index (κ1) is 16.7. The fraction of sp³-hybridized carbons (Fsp3) is 0.143. The number of nitrogens with one attached hydrogen (secondary N) is 1. The van der Waals surface area contributed by atoms with E-state index in [1.165, 1.54) is 12.1 Å². The Balaban J connectivity index is 2.25. The quantitative estimate of drug-likeness (QED) is 0.834. The van der Waals surface area contributed by atoms with Gasteiger partial charge in [0.05, 0.1) is 24.1 Å². The lowest BCUT2D eigenvalue weighted by atomic mass is 10.2. The number of carboxylic acid groups (broad SMARTS) is 1. The first-order chi connectivity index (χ1) is 10.8. The minimum atomic E-state index is -4.06. The third-order valence-electron chi connectivity index (χ3n) is 2.77. The number of aromatic carboxylic acids is 1. The average molecular weight is 340 g/mol. The topological polar surface area (TPSA) is 106 Å². The molecule has 1 aromatic carbocycles. The second-order valence-electron chi connectivity index (χ2n) is 4.37. The standard InChI is InChI=1S/C14H13FN2O5S/c1-2-22-13-6-4-10(8-16-13)23(20,21)17-12-5-3-9(14(18)19)7-11(12)15/h3-8,17H,2H2,1H3,(H,18,19). The number of hydrogen-bond donors (Lipinski definition) is 2. The summed E-state index contributed by atoms with van der Waals surface area (Å²) in [5, 5.41) is 8.75. The molecular formula is C14H13FN2O5S. The second-order valence-corrected chi connectivity index (χ2v) is 6.05. The highest BCUT2D eigenvalue weighted by atomic mass is 32.2. The average Bonchev–Trinajstić information content (AvgIpc) is 2.50. The number of benzene rings is 1. The molecule has 0 unspecified atom stereocenters. The van der Waals surface area contributed by atoms with Crippen molar-refractivity contribution in [2.75, 3.05) is 11.3 Å². The summed E-state index contributed by atoms with van der Waals surface area (Å²) in [5.41, 5.74) is -0.642. The molecule has 0 bridgehead atoms. The van der Waals surface area contributed by atoms with Crippen LogP contribution in [0, 0.1) is 5.82 Å². The van der Waals surface area contributed by atoms with E-state index in [2.05, 4.69) is 4.98 Å². The van der Waals surface area contributed by atoms with Gasteiger partial charge in [-0.15, -0.1) is 0 Å². The van der Waals surface area contributed by atoms with Crippen molar-refractivity contribution >= 4 is 21.7 Å². The fourth-order valence-electron chi connectivity index (χ4n) is 1.69. The molecule has 2 N–H and O–H groups in total. The summed E-state index contributed by atoms with van der Waals surface area (Å²) in [5.74, 6) is -2.04. The zero-order valence-electron chi connectivity index (χ0n) is 12.0. The summed E-state index contributed by atoms with van der Waals surface area (Å²) in [6, 6.07) is 5.51. The van der Waals surface area contributed by atoms with E-state index < -0.39 is 21.8 Å². The summed E-state index contributed by atoms with van der Waals surface area (Å²) in [4.78, 5) is 14.4. The maximum Gasteiger partial charge on any atom is 0.335 e. The molecule has 23 heavy (non-hydrogen) atoms. The third kappa shape index (κ3) is 3.95. The maximum absolute atomic E-state index is 13.8. The Labute approximate surface area is 131 Å². The molecule has 0 amide bonds. The third-order valence-corrected chi connectivity index (χ3v) is 4.12. The first-order valence-corrected chi connectivity index (χ1v) is 7.96. The Kier molecular flexibility index (Phi) is 4.80. The molecule has 2 rings (SSSR count). The number of halogens is 1. The van der Waals surface area contributed by atoms with Crippen molar-refractivity contribution in [3.05, 3.63) is 47.9 Å². The van der Waals surface area contributed by atoms with Gasteiger partial charge in [0, 0.05) is 6.07 Å². The number of pyridine rings is 1. The van der Waals surface area contributed by atoms with Crippen molar-refractivity contribution in [1.82, 2.24) is 4.98 Å². The van der Waals surface area contributed by atoms with E-state index in [0.717, 1.165) is 24.4 Å². The van der Waals surface area contributed by atoms with Crippen LogP contribution in [0.2, 0.25) is 0 Å². The molecule has 7 nitrogen and oxygen atoms in total. The molecule has 0 spiro atoms. The molecule has 0 fully saturated rings. The molecule has 0 aliphatic rings. The molecule has 0 radical (unpaired) electrons. The lowest BCUT2D eigenvalue weighted by molar-refractivity contribution is 0.0696. The SMILES string of the molecule is CCOc1ccc(S(=O)(=O)Nc2ccc(C(=O)O)cc2F)cn1. The van der Waals surface area contributed by atoms with Gasteiger partial charge in [-0.25, -0.2) is 22.6 Å². The summed E-state index contributed by atoms with van der Waals surface area (Å²) in [7, 11) is -4.06. The molecule has 0 atom stereocenters. The number of ether oxygens (including phenoxy) is 1. The largest absolute Gasteiger partial charge is 0.478 e. The van der Waals surface area contributed by atoms with Crippen LogP contribution in [0.15, 0.2) is 41.4 Å². The molecular weight excluding hydrogens is 327 g/mol. The Hall–Kier alpha value is -2.68. The van der Waals surface area contributed by atoms with Gasteiger partial charge < -0.3 is 9.84 Å². The lowest BCUT2D eigenvalue weighted by Crippen LogP contribution is -2.14. The molecule has 0 aliphatic heterocycles. The van der Waals surface area contributed by atoms with E-state index in [-0.39, 0.29) is 22.0 Å². The van der Waals surface area contributed by atoms with Gasteiger partial charge in [0.1, 0.15) is 10.7 Å². The molecule has 1 heterocycles. The zero-order valence-corrected chi connectivity index (χ0v) is 12.8. The Bertz CT molecular complexity index is 822. The number of carbonyl (C=O) groups is 1. The summed E-state index contributed by atoms with van der Waals surface area (Å²) in [6.07, 6.45) is 1.08. The van der Waals surface area contributed by atoms with E-state index >= 15 is 0 Å². The Morgan fingerprint density at radius 2 is 2.09 bits per heavy atom. The molecule has 0 saturated heterocycles. The highest BCUT2D eigenvalue weighted by Crippen LogP contribution is 2.21. The lowest BCUT2D eigenvalue weighted by Gasteiger charge is -2.09. The highest BCUT2D eigenvalue weighted by Gasteiger charge is 2.18. The van der Waals surface area contributed by atoms with Crippen molar-refractivity contribution in [1.29, 1.82) is 0 Å². The van der Waals surface area contributed by atoms with Gasteiger partial charge in [-0.2, -0.15) is 0 Å². The van der Waals surface area contributed by atoms with Gasteiger partial charge in [0.25, 0.3) is 10.0 Å². The number of anilines is 1. The number of aromatic nitrogens is 1. The van der Waals surface area contributed by atoms with Crippen molar-refractivity contribution in [3.8, 4) is 5.88 Å². The van der Waals surface area contributed by atoms with Crippen molar-refractivity contribution < 1.29 is 27.4 Å². The van der Waals surface area contributed by atoms with Crippen molar-refractivity contribution in [2.45, 2.75) is 11.8 Å². The highest BCUT2D eigenvalue weighted by molar-refractivity contribution is 7.92. The Morgan fingerprint density at radius 1 is 1.35 bits per heavy atom. The van der Waals surface area contributed by atoms with Gasteiger partial charge in [0.15, 0.2) is 0 Å². The van der Waals surface area contributed by atoms with Crippen LogP contribution in [0.1, 0.15) is 17.3 Å². The van der Waals surface area contributed by atoms with Crippen LogP contribution in [0.3, 0.4) is 0 Å². The first-order valence-electron chi connectivity index (χ1n) is 6.48. The number of sulfonamides is 1. The van der Waals surface area contributed by atoms with Crippen LogP contribution < -0.4 is 9.46 Å². The number of carboxylic acids is 1. The predicted octanol–water partition coefficient (Wildman–Crippen LogP) is 2.12. The Morgan fingerprint density at radius 3 is 2.61 bits per heavy atom. The van der Waals surface area contributed by atoms with Gasteiger partial charge in [-0.05, 0) is 31.2 Å². The monoisotopic (exact) mass is 340 g/mol.